The van der Waals surface area contributed by atoms with Gasteiger partial charge in [-0.1, -0.05) is 13.8 Å². The van der Waals surface area contributed by atoms with Crippen LogP contribution in [-0.2, 0) is 9.53 Å². The van der Waals surface area contributed by atoms with Gasteiger partial charge in [0.2, 0.25) is 0 Å². The SMILES string of the molecule is CC(C)OCCCN1CCC(C(=O)C(C)C)CC1. The smallest absolute Gasteiger partial charge is 0.138 e. The van der Waals surface area contributed by atoms with E-state index in [1.54, 1.807) is 0 Å². The van der Waals surface area contributed by atoms with Crippen LogP contribution in [0.4, 0.5) is 0 Å². The van der Waals surface area contributed by atoms with E-state index in [-0.39, 0.29) is 5.92 Å². The largest absolute Gasteiger partial charge is 0.379 e. The number of carbonyl (C=O) groups is 1. The highest BCUT2D eigenvalue weighted by atomic mass is 16.5. The first kappa shape index (κ1) is 15.6. The van der Waals surface area contributed by atoms with Crippen LogP contribution in [0.3, 0.4) is 0 Å². The van der Waals surface area contributed by atoms with Crippen LogP contribution in [0.25, 0.3) is 0 Å². The van der Waals surface area contributed by atoms with Crippen LogP contribution in [0, 0.1) is 11.8 Å². The number of Topliss-reactive ketones (excluding diaryl/α,β-unsaturated/α-hetero) is 1. The van der Waals surface area contributed by atoms with Crippen molar-refractivity contribution in [1.82, 2.24) is 4.90 Å². The van der Waals surface area contributed by atoms with Crippen molar-refractivity contribution in [3.8, 4) is 0 Å². The molecule has 0 saturated carbocycles. The lowest BCUT2D eigenvalue weighted by Crippen LogP contribution is -2.38. The molecule has 1 aliphatic heterocycles. The summed E-state index contributed by atoms with van der Waals surface area (Å²) in [6, 6.07) is 0. The quantitative estimate of drug-likeness (QED) is 0.655. The average molecular weight is 255 g/mol. The van der Waals surface area contributed by atoms with Gasteiger partial charge in [0.15, 0.2) is 0 Å². The topological polar surface area (TPSA) is 29.5 Å². The third kappa shape index (κ3) is 5.49. The second-order valence-electron chi connectivity index (χ2n) is 5.95. The summed E-state index contributed by atoms with van der Waals surface area (Å²) < 4.78 is 5.54. The van der Waals surface area contributed by atoms with Crippen molar-refractivity contribution >= 4 is 5.78 Å². The molecule has 0 unspecified atom stereocenters. The van der Waals surface area contributed by atoms with E-state index in [4.69, 9.17) is 4.74 Å². The monoisotopic (exact) mass is 255 g/mol. The van der Waals surface area contributed by atoms with Gasteiger partial charge in [-0.15, -0.1) is 0 Å². The minimum Gasteiger partial charge on any atom is -0.379 e. The molecule has 1 aliphatic rings. The van der Waals surface area contributed by atoms with Gasteiger partial charge in [-0.3, -0.25) is 4.79 Å². The molecule has 18 heavy (non-hydrogen) atoms. The minimum absolute atomic E-state index is 0.195. The van der Waals surface area contributed by atoms with Gasteiger partial charge in [0.1, 0.15) is 5.78 Å². The first-order chi connectivity index (χ1) is 8.50. The number of ketones is 1. The van der Waals surface area contributed by atoms with Gasteiger partial charge in [-0.25, -0.2) is 0 Å². The Bertz CT molecular complexity index is 243. The van der Waals surface area contributed by atoms with Gasteiger partial charge in [0, 0.05) is 25.0 Å². The molecule has 0 aliphatic carbocycles. The molecule has 0 radical (unpaired) electrons. The van der Waals surface area contributed by atoms with E-state index in [1.165, 1.54) is 0 Å². The van der Waals surface area contributed by atoms with Crippen LogP contribution < -0.4 is 0 Å². The summed E-state index contributed by atoms with van der Waals surface area (Å²) >= 11 is 0. The van der Waals surface area contributed by atoms with E-state index < -0.39 is 0 Å². The standard InChI is InChI=1S/C15H29NO2/c1-12(2)15(17)14-6-9-16(10-7-14)8-5-11-18-13(3)4/h12-14H,5-11H2,1-4H3. The highest BCUT2D eigenvalue weighted by Crippen LogP contribution is 2.21. The predicted octanol–water partition coefficient (Wildman–Crippen LogP) is 2.74. The van der Waals surface area contributed by atoms with Crippen LogP contribution in [-0.4, -0.2) is 43.0 Å². The predicted molar refractivity (Wildman–Crippen MR) is 74.7 cm³/mol. The van der Waals surface area contributed by atoms with Gasteiger partial charge >= 0.3 is 0 Å². The highest BCUT2D eigenvalue weighted by Gasteiger charge is 2.25. The van der Waals surface area contributed by atoms with Crippen molar-refractivity contribution in [2.24, 2.45) is 11.8 Å². The van der Waals surface area contributed by atoms with Crippen molar-refractivity contribution in [1.29, 1.82) is 0 Å². The van der Waals surface area contributed by atoms with E-state index >= 15 is 0 Å². The summed E-state index contributed by atoms with van der Waals surface area (Å²) in [6.07, 6.45) is 3.52. The lowest BCUT2D eigenvalue weighted by atomic mass is 9.87. The number of hydrogen-bond donors (Lipinski definition) is 0. The van der Waals surface area contributed by atoms with Gasteiger partial charge in [-0.2, -0.15) is 0 Å². The van der Waals surface area contributed by atoms with Crippen LogP contribution in [0.15, 0.2) is 0 Å². The second-order valence-corrected chi connectivity index (χ2v) is 5.95. The summed E-state index contributed by atoms with van der Waals surface area (Å²) in [5, 5.41) is 0. The van der Waals surface area contributed by atoms with Crippen molar-refractivity contribution in [3.63, 3.8) is 0 Å². The average Bonchev–Trinajstić information content (AvgIpc) is 2.34. The van der Waals surface area contributed by atoms with Crippen molar-refractivity contribution in [3.05, 3.63) is 0 Å². The molecule has 3 heteroatoms. The molecule has 0 atom stereocenters. The van der Waals surface area contributed by atoms with Gasteiger partial charge in [0.25, 0.3) is 0 Å². The number of hydrogen-bond acceptors (Lipinski definition) is 3. The van der Waals surface area contributed by atoms with E-state index in [1.807, 2.05) is 13.8 Å². The van der Waals surface area contributed by atoms with Crippen molar-refractivity contribution in [2.75, 3.05) is 26.2 Å². The molecule has 0 bridgehead atoms. The number of carbonyl (C=O) groups excluding carboxylic acids is 1. The lowest BCUT2D eigenvalue weighted by Gasteiger charge is -2.31. The van der Waals surface area contributed by atoms with E-state index in [0.29, 0.717) is 17.8 Å². The molecule has 3 nitrogen and oxygen atoms in total. The van der Waals surface area contributed by atoms with Crippen molar-refractivity contribution < 1.29 is 9.53 Å². The first-order valence-electron chi connectivity index (χ1n) is 7.38. The number of rotatable bonds is 7. The Labute approximate surface area is 112 Å². The Morgan fingerprint density at radius 1 is 1.22 bits per heavy atom. The highest BCUT2D eigenvalue weighted by molar-refractivity contribution is 5.82. The third-order valence-corrected chi connectivity index (χ3v) is 3.63. The fourth-order valence-corrected chi connectivity index (χ4v) is 2.52. The molecule has 1 fully saturated rings. The van der Waals surface area contributed by atoms with E-state index in [2.05, 4.69) is 18.7 Å². The lowest BCUT2D eigenvalue weighted by molar-refractivity contribution is -0.127. The zero-order valence-corrected chi connectivity index (χ0v) is 12.4. The molecule has 0 N–H and O–H groups in total. The summed E-state index contributed by atoms with van der Waals surface area (Å²) in [5.41, 5.74) is 0. The van der Waals surface area contributed by atoms with Crippen LogP contribution in [0.1, 0.15) is 47.0 Å². The number of ether oxygens (including phenoxy) is 1. The normalized spacial score (nSPS) is 18.8. The summed E-state index contributed by atoms with van der Waals surface area (Å²) in [6.45, 7) is 12.3. The molecule has 1 rings (SSSR count). The van der Waals surface area contributed by atoms with Crippen LogP contribution >= 0.6 is 0 Å². The maximum atomic E-state index is 11.9. The number of piperidine rings is 1. The molecule has 1 heterocycles. The Hall–Kier alpha value is -0.410. The summed E-state index contributed by atoms with van der Waals surface area (Å²) in [7, 11) is 0. The van der Waals surface area contributed by atoms with Gasteiger partial charge < -0.3 is 9.64 Å². The molecule has 0 aromatic rings. The Morgan fingerprint density at radius 3 is 2.33 bits per heavy atom. The molecule has 0 aromatic heterocycles. The molecule has 0 aromatic carbocycles. The first-order valence-corrected chi connectivity index (χ1v) is 7.38. The van der Waals surface area contributed by atoms with Crippen LogP contribution in [0.2, 0.25) is 0 Å². The fourth-order valence-electron chi connectivity index (χ4n) is 2.52. The molecule has 0 amide bonds. The Kier molecular flexibility index (Phi) is 6.87. The molecule has 106 valence electrons. The Balaban J connectivity index is 2.14. The Morgan fingerprint density at radius 2 is 1.83 bits per heavy atom. The maximum absolute atomic E-state index is 11.9. The fraction of sp³-hybridized carbons (Fsp3) is 0.933. The molecular weight excluding hydrogens is 226 g/mol. The molecular formula is C15H29NO2. The van der Waals surface area contributed by atoms with E-state index in [9.17, 15) is 4.79 Å². The zero-order chi connectivity index (χ0) is 13.5. The number of likely N-dealkylation sites (tertiary alicyclic amines) is 1. The zero-order valence-electron chi connectivity index (χ0n) is 12.4. The summed E-state index contributed by atoms with van der Waals surface area (Å²) in [4.78, 5) is 14.4. The summed E-state index contributed by atoms with van der Waals surface area (Å²) in [5.74, 6) is 0.965. The second kappa shape index (κ2) is 7.90. The van der Waals surface area contributed by atoms with Gasteiger partial charge in [0.05, 0.1) is 6.10 Å². The third-order valence-electron chi connectivity index (χ3n) is 3.63. The van der Waals surface area contributed by atoms with Crippen molar-refractivity contribution in [2.45, 2.75) is 53.1 Å². The minimum atomic E-state index is 0.195. The van der Waals surface area contributed by atoms with E-state index in [0.717, 1.165) is 45.5 Å². The molecule has 1 saturated heterocycles. The van der Waals surface area contributed by atoms with Gasteiger partial charge in [-0.05, 0) is 46.2 Å². The molecule has 0 spiro atoms. The number of nitrogens with zero attached hydrogens (tertiary/aromatic N) is 1. The maximum Gasteiger partial charge on any atom is 0.138 e. The van der Waals surface area contributed by atoms with Crippen LogP contribution in [0.5, 0.6) is 0 Å².